The fourth-order valence-corrected chi connectivity index (χ4v) is 5.36. The summed E-state index contributed by atoms with van der Waals surface area (Å²) in [5.74, 6) is 1.69. The summed E-state index contributed by atoms with van der Waals surface area (Å²) < 4.78 is 6.27. The normalized spacial score (nSPS) is 39.0. The first kappa shape index (κ1) is 17.7. The van der Waals surface area contributed by atoms with Gasteiger partial charge in [0.25, 0.3) is 0 Å². The first-order valence-corrected chi connectivity index (χ1v) is 9.85. The Kier molecular flexibility index (Phi) is 5.11. The lowest BCUT2D eigenvalue weighted by atomic mass is 9.70. The number of rotatable bonds is 6. The molecule has 1 aliphatic heterocycles. The smallest absolute Gasteiger partial charge is 0.0689 e. The van der Waals surface area contributed by atoms with Gasteiger partial charge < -0.3 is 14.7 Å². The van der Waals surface area contributed by atoms with Crippen molar-refractivity contribution < 1.29 is 9.84 Å². The molecule has 2 saturated carbocycles. The predicted molar refractivity (Wildman–Crippen MR) is 94.4 cm³/mol. The third kappa shape index (κ3) is 3.34. The third-order valence-electron chi connectivity index (χ3n) is 7.83. The van der Waals surface area contributed by atoms with Crippen LogP contribution in [0, 0.1) is 22.7 Å². The van der Waals surface area contributed by atoms with Gasteiger partial charge in [-0.2, -0.15) is 0 Å². The van der Waals surface area contributed by atoms with Crippen molar-refractivity contribution in [2.45, 2.75) is 78.4 Å². The summed E-state index contributed by atoms with van der Waals surface area (Å²) in [5, 5.41) is 10.3. The zero-order chi connectivity index (χ0) is 16.7. The van der Waals surface area contributed by atoms with Crippen LogP contribution in [0.2, 0.25) is 0 Å². The van der Waals surface area contributed by atoms with Gasteiger partial charge in [0, 0.05) is 13.2 Å². The first-order chi connectivity index (χ1) is 10.8. The Morgan fingerprint density at radius 2 is 1.87 bits per heavy atom. The Morgan fingerprint density at radius 1 is 1.17 bits per heavy atom. The molecule has 0 aromatic rings. The molecule has 4 atom stereocenters. The number of nitrogens with zero attached hydrogens (tertiary/aromatic N) is 1. The van der Waals surface area contributed by atoms with Gasteiger partial charge in [-0.15, -0.1) is 0 Å². The van der Waals surface area contributed by atoms with Gasteiger partial charge in [0.05, 0.1) is 12.2 Å². The lowest BCUT2D eigenvalue weighted by Crippen LogP contribution is -2.40. The molecule has 3 rings (SSSR count). The molecule has 0 spiro atoms. The summed E-state index contributed by atoms with van der Waals surface area (Å²) in [4.78, 5) is 2.42. The highest BCUT2D eigenvalue weighted by molar-refractivity contribution is 5.11. The van der Waals surface area contributed by atoms with Crippen molar-refractivity contribution in [2.75, 3.05) is 26.2 Å². The fraction of sp³-hybridized carbons (Fsp3) is 1.00. The highest BCUT2D eigenvalue weighted by atomic mass is 16.5. The van der Waals surface area contributed by atoms with Gasteiger partial charge in [0.1, 0.15) is 0 Å². The minimum atomic E-state index is -0.234. The second-order valence-electron chi connectivity index (χ2n) is 9.40. The maximum atomic E-state index is 10.3. The van der Waals surface area contributed by atoms with Crippen molar-refractivity contribution in [1.29, 1.82) is 0 Å². The van der Waals surface area contributed by atoms with Crippen LogP contribution >= 0.6 is 0 Å². The lowest BCUT2D eigenvalue weighted by Gasteiger charge is -2.39. The highest BCUT2D eigenvalue weighted by Crippen LogP contribution is 2.66. The van der Waals surface area contributed by atoms with E-state index in [0.717, 1.165) is 37.9 Å². The van der Waals surface area contributed by atoms with Crippen LogP contribution in [0.1, 0.15) is 66.2 Å². The molecule has 0 unspecified atom stereocenters. The average molecular weight is 324 g/mol. The molecular formula is C20H37NO2. The molecule has 0 radical (unpaired) electrons. The number of piperidine rings is 1. The summed E-state index contributed by atoms with van der Waals surface area (Å²) in [5.41, 5.74) is 0.756. The molecule has 3 aliphatic rings. The van der Waals surface area contributed by atoms with Crippen molar-refractivity contribution in [2.24, 2.45) is 22.7 Å². The van der Waals surface area contributed by atoms with Crippen LogP contribution in [0.4, 0.5) is 0 Å². The van der Waals surface area contributed by atoms with Gasteiger partial charge in [-0.25, -0.2) is 0 Å². The van der Waals surface area contributed by atoms with Gasteiger partial charge in [-0.1, -0.05) is 27.7 Å². The van der Waals surface area contributed by atoms with Crippen molar-refractivity contribution in [3.8, 4) is 0 Å². The van der Waals surface area contributed by atoms with Crippen LogP contribution in [-0.4, -0.2) is 48.5 Å². The zero-order valence-electron chi connectivity index (χ0n) is 15.7. The summed E-state index contributed by atoms with van der Waals surface area (Å²) in [6.45, 7) is 13.5. The largest absolute Gasteiger partial charge is 0.392 e. The minimum Gasteiger partial charge on any atom is -0.392 e. The van der Waals surface area contributed by atoms with Crippen LogP contribution in [0.15, 0.2) is 0 Å². The van der Waals surface area contributed by atoms with E-state index in [1.165, 1.54) is 32.1 Å². The number of likely N-dealkylation sites (tertiary alicyclic amines) is 1. The van der Waals surface area contributed by atoms with E-state index in [-0.39, 0.29) is 6.10 Å². The molecule has 23 heavy (non-hydrogen) atoms. The number of aliphatic hydroxyl groups is 1. The van der Waals surface area contributed by atoms with Crippen LogP contribution in [0.25, 0.3) is 0 Å². The van der Waals surface area contributed by atoms with Crippen LogP contribution in [0.3, 0.4) is 0 Å². The Morgan fingerprint density at radius 3 is 2.43 bits per heavy atom. The summed E-state index contributed by atoms with van der Waals surface area (Å²) in [7, 11) is 0. The van der Waals surface area contributed by atoms with Gasteiger partial charge in [0.15, 0.2) is 0 Å². The third-order valence-corrected chi connectivity index (χ3v) is 7.83. The average Bonchev–Trinajstić information content (AvgIpc) is 2.83. The number of fused-ring (bicyclic) bond motifs is 2. The van der Waals surface area contributed by atoms with Crippen LogP contribution < -0.4 is 0 Å². The molecule has 2 bridgehead atoms. The number of hydrogen-bond donors (Lipinski definition) is 1. The Labute approximate surface area is 142 Å². The number of β-amino-alcohol motifs (C(OH)–C–C–N with tert-alkyl or cyclic N) is 1. The van der Waals surface area contributed by atoms with E-state index in [0.29, 0.717) is 23.5 Å². The van der Waals surface area contributed by atoms with Crippen molar-refractivity contribution in [3.63, 3.8) is 0 Å². The van der Waals surface area contributed by atoms with E-state index in [4.69, 9.17) is 4.74 Å². The van der Waals surface area contributed by atoms with E-state index in [1.54, 1.807) is 0 Å². The molecular weight excluding hydrogens is 286 g/mol. The standard InChI is InChI=1S/C20H37NO2/c1-15-6-10-21(11-7-15)14-17(22)8-12-23-18-13-16-5-9-20(18,4)19(16,2)3/h15-18,22H,5-14H2,1-4H3/t16-,17+,18+,20-/m0/s1. The number of aliphatic hydroxyl groups excluding tert-OH is 1. The monoisotopic (exact) mass is 323 g/mol. The highest BCUT2D eigenvalue weighted by Gasteiger charge is 2.61. The van der Waals surface area contributed by atoms with Crippen molar-refractivity contribution in [3.05, 3.63) is 0 Å². The van der Waals surface area contributed by atoms with Gasteiger partial charge in [0.2, 0.25) is 0 Å². The number of ether oxygens (including phenoxy) is 1. The predicted octanol–water partition coefficient (Wildman–Crippen LogP) is 3.70. The molecule has 1 N–H and O–H groups in total. The molecule has 0 aromatic heterocycles. The molecule has 1 saturated heterocycles. The molecule has 134 valence electrons. The quantitative estimate of drug-likeness (QED) is 0.809. The van der Waals surface area contributed by atoms with Crippen LogP contribution in [-0.2, 0) is 4.74 Å². The van der Waals surface area contributed by atoms with E-state index < -0.39 is 0 Å². The Bertz CT molecular complexity index is 402. The molecule has 1 heterocycles. The summed E-state index contributed by atoms with van der Waals surface area (Å²) in [6, 6.07) is 0. The lowest BCUT2D eigenvalue weighted by molar-refractivity contribution is -0.0568. The van der Waals surface area contributed by atoms with Crippen molar-refractivity contribution in [1.82, 2.24) is 4.90 Å². The number of hydrogen-bond acceptors (Lipinski definition) is 3. The maximum Gasteiger partial charge on any atom is 0.0689 e. The van der Waals surface area contributed by atoms with Gasteiger partial charge in [-0.3, -0.25) is 0 Å². The molecule has 0 aromatic carbocycles. The molecule has 3 heteroatoms. The van der Waals surface area contributed by atoms with Crippen molar-refractivity contribution >= 4 is 0 Å². The van der Waals surface area contributed by atoms with Gasteiger partial charge >= 0.3 is 0 Å². The van der Waals surface area contributed by atoms with E-state index in [9.17, 15) is 5.11 Å². The Hall–Kier alpha value is -0.120. The molecule has 2 aliphatic carbocycles. The molecule has 0 amide bonds. The summed E-state index contributed by atoms with van der Waals surface area (Å²) in [6.07, 6.45) is 7.42. The van der Waals surface area contributed by atoms with Gasteiger partial charge in [-0.05, 0) is 74.3 Å². The van der Waals surface area contributed by atoms with Crippen LogP contribution in [0.5, 0.6) is 0 Å². The summed E-state index contributed by atoms with van der Waals surface area (Å²) >= 11 is 0. The second kappa shape index (κ2) is 6.65. The second-order valence-corrected chi connectivity index (χ2v) is 9.40. The zero-order valence-corrected chi connectivity index (χ0v) is 15.7. The van der Waals surface area contributed by atoms with E-state index in [2.05, 4.69) is 32.6 Å². The van der Waals surface area contributed by atoms with E-state index in [1.807, 2.05) is 0 Å². The fourth-order valence-electron chi connectivity index (χ4n) is 5.36. The molecule has 3 fully saturated rings. The topological polar surface area (TPSA) is 32.7 Å². The molecule has 3 nitrogen and oxygen atoms in total. The SMILES string of the molecule is CC1CCN(C[C@H](O)CCO[C@@H]2C[C@@H]3CC[C@]2(C)C3(C)C)CC1. The minimum absolute atomic E-state index is 0.234. The Balaban J connectivity index is 1.39. The first-order valence-electron chi connectivity index (χ1n) is 9.85. The maximum absolute atomic E-state index is 10.3. The van der Waals surface area contributed by atoms with E-state index >= 15 is 0 Å².